The third kappa shape index (κ3) is 0.504. The van der Waals surface area contributed by atoms with Crippen LogP contribution in [0, 0.1) is 0 Å². The van der Waals surface area contributed by atoms with Gasteiger partial charge in [-0.3, -0.25) is 0 Å². The molecule has 0 aromatic carbocycles. The molecule has 34 valence electrons. The van der Waals surface area contributed by atoms with E-state index in [0.29, 0.717) is 0 Å². The van der Waals surface area contributed by atoms with Crippen LogP contribution in [0.25, 0.3) is 0 Å². The van der Waals surface area contributed by atoms with Crippen molar-refractivity contribution >= 4 is 0 Å². The molecule has 1 heterocycles. The third-order valence-electron chi connectivity index (χ3n) is 0.768. The maximum Gasteiger partial charge on any atom is 0.155 e. The second-order valence-corrected chi connectivity index (χ2v) is 1.27. The van der Waals surface area contributed by atoms with E-state index in [1.807, 2.05) is 12.5 Å². The zero-order valence-electron chi connectivity index (χ0n) is 3.47. The maximum absolute atomic E-state index is 8.02. The molecule has 1 aliphatic heterocycles. The van der Waals surface area contributed by atoms with Crippen molar-refractivity contribution in [3.8, 4) is 0 Å². The molecule has 0 spiro atoms. The molecular formula is C2H6N4. The van der Waals surface area contributed by atoms with Crippen LogP contribution in [0.3, 0.4) is 0 Å². The SMILES string of the molecule is CN1NC1N[N]. The van der Waals surface area contributed by atoms with Crippen LogP contribution >= 0.6 is 0 Å². The lowest BCUT2D eigenvalue weighted by molar-refractivity contribution is 0.531. The lowest BCUT2D eigenvalue weighted by atomic mass is 11.0. The molecule has 0 aliphatic carbocycles. The molecule has 1 rings (SSSR count). The van der Waals surface area contributed by atoms with Gasteiger partial charge in [-0.2, -0.15) is 5.43 Å². The highest BCUT2D eigenvalue weighted by atomic mass is 15.8. The Kier molecular flexibility index (Phi) is 0.776. The number of hydrogen-bond acceptors (Lipinski definition) is 3. The molecule has 4 heteroatoms. The molecule has 4 nitrogen and oxygen atoms in total. The van der Waals surface area contributed by atoms with Gasteiger partial charge < -0.3 is 0 Å². The lowest BCUT2D eigenvalue weighted by Crippen LogP contribution is -2.18. The molecule has 1 aliphatic rings. The first kappa shape index (κ1) is 4.01. The molecule has 2 atom stereocenters. The minimum atomic E-state index is -0.00926. The van der Waals surface area contributed by atoms with Gasteiger partial charge in [0.25, 0.3) is 0 Å². The van der Waals surface area contributed by atoms with E-state index in [4.69, 9.17) is 5.84 Å². The van der Waals surface area contributed by atoms with Crippen LogP contribution in [0.4, 0.5) is 0 Å². The highest BCUT2D eigenvalue weighted by Crippen LogP contribution is 1.95. The zero-order chi connectivity index (χ0) is 4.57. The van der Waals surface area contributed by atoms with Crippen LogP contribution in [0.1, 0.15) is 0 Å². The summed E-state index contributed by atoms with van der Waals surface area (Å²) in [5.41, 5.74) is 4.76. The molecule has 6 heavy (non-hydrogen) atoms. The fourth-order valence-corrected chi connectivity index (χ4v) is 0.275. The van der Waals surface area contributed by atoms with E-state index < -0.39 is 0 Å². The van der Waals surface area contributed by atoms with Crippen LogP contribution in [-0.2, 0) is 0 Å². The summed E-state index contributed by atoms with van der Waals surface area (Å²) >= 11 is 0. The Balaban J connectivity index is 2.09. The van der Waals surface area contributed by atoms with Crippen molar-refractivity contribution in [3.05, 3.63) is 0 Å². The summed E-state index contributed by atoms with van der Waals surface area (Å²) in [6.07, 6.45) is -0.00926. The Morgan fingerprint density at radius 3 is 2.50 bits per heavy atom. The molecule has 1 saturated heterocycles. The van der Waals surface area contributed by atoms with Gasteiger partial charge in [0.15, 0.2) is 6.29 Å². The monoisotopic (exact) mass is 86.1 g/mol. The second-order valence-electron chi connectivity index (χ2n) is 1.27. The number of hydrogen-bond donors (Lipinski definition) is 2. The average molecular weight is 86.1 g/mol. The van der Waals surface area contributed by atoms with Gasteiger partial charge in [-0.05, 0) is 5.84 Å². The Morgan fingerprint density at radius 2 is 2.50 bits per heavy atom. The quantitative estimate of drug-likeness (QED) is 0.295. The summed E-state index contributed by atoms with van der Waals surface area (Å²) < 4.78 is 0. The maximum atomic E-state index is 8.02. The fraction of sp³-hybridized carbons (Fsp3) is 1.00. The van der Waals surface area contributed by atoms with E-state index >= 15 is 0 Å². The van der Waals surface area contributed by atoms with Crippen molar-refractivity contribution in [1.82, 2.24) is 21.7 Å². The predicted molar refractivity (Wildman–Crippen MR) is 20.0 cm³/mol. The molecule has 0 aromatic heterocycles. The minimum Gasteiger partial charge on any atom is -0.220 e. The summed E-state index contributed by atoms with van der Waals surface area (Å²) in [6, 6.07) is 0. The van der Waals surface area contributed by atoms with Gasteiger partial charge in [-0.15, -0.1) is 0 Å². The Morgan fingerprint density at radius 1 is 2.00 bits per heavy atom. The fourth-order valence-electron chi connectivity index (χ4n) is 0.275. The van der Waals surface area contributed by atoms with Crippen molar-refractivity contribution < 1.29 is 0 Å². The second kappa shape index (κ2) is 1.16. The first-order valence-corrected chi connectivity index (χ1v) is 1.73. The number of hydrazine groups is 1. The highest BCUT2D eigenvalue weighted by Gasteiger charge is 2.26. The molecular weight excluding hydrogens is 80.1 g/mol. The van der Waals surface area contributed by atoms with E-state index in [1.165, 1.54) is 0 Å². The van der Waals surface area contributed by atoms with Crippen LogP contribution < -0.4 is 16.7 Å². The normalized spacial score (nSPS) is 43.0. The van der Waals surface area contributed by atoms with E-state index in [-0.39, 0.29) is 6.29 Å². The topological polar surface area (TPSA) is 59.3 Å². The van der Waals surface area contributed by atoms with Gasteiger partial charge in [-0.25, -0.2) is 10.4 Å². The zero-order valence-corrected chi connectivity index (χ0v) is 3.47. The summed E-state index contributed by atoms with van der Waals surface area (Å²) in [6.45, 7) is 0. The van der Waals surface area contributed by atoms with E-state index in [2.05, 4.69) is 5.43 Å². The molecule has 2 N–H and O–H groups in total. The third-order valence-corrected chi connectivity index (χ3v) is 0.768. The highest BCUT2D eigenvalue weighted by molar-refractivity contribution is 4.66. The smallest absolute Gasteiger partial charge is 0.155 e. The van der Waals surface area contributed by atoms with Gasteiger partial charge in [0.05, 0.1) is 0 Å². The molecule has 0 bridgehead atoms. The number of nitrogens with zero attached hydrogens (tertiary/aromatic N) is 2. The molecule has 0 saturated carbocycles. The number of rotatable bonds is 1. The summed E-state index contributed by atoms with van der Waals surface area (Å²) in [5.74, 6) is 8.02. The van der Waals surface area contributed by atoms with Crippen LogP contribution in [0.5, 0.6) is 0 Å². The van der Waals surface area contributed by atoms with Crippen molar-refractivity contribution in [2.24, 2.45) is 0 Å². The lowest BCUT2D eigenvalue weighted by Gasteiger charge is -1.79. The first-order valence-electron chi connectivity index (χ1n) is 1.73. The Hall–Kier alpha value is -0.160. The molecule has 2 unspecified atom stereocenters. The summed E-state index contributed by atoms with van der Waals surface area (Å²) in [5, 5.41) is 1.74. The molecule has 0 aromatic rings. The Bertz CT molecular complexity index is 51.5. The minimum absolute atomic E-state index is 0.00926. The van der Waals surface area contributed by atoms with E-state index in [9.17, 15) is 0 Å². The van der Waals surface area contributed by atoms with Crippen molar-refractivity contribution in [2.45, 2.75) is 6.29 Å². The van der Waals surface area contributed by atoms with Gasteiger partial charge in [-0.1, -0.05) is 0 Å². The standard InChI is InChI=1S/C2H6N4/c1-6-2(4-3)5-6/h2,4-5H,1H3. The van der Waals surface area contributed by atoms with Crippen LogP contribution in [-0.4, -0.2) is 18.3 Å². The van der Waals surface area contributed by atoms with Gasteiger partial charge >= 0.3 is 0 Å². The summed E-state index contributed by atoms with van der Waals surface area (Å²) in [7, 11) is 1.83. The van der Waals surface area contributed by atoms with Gasteiger partial charge in [0, 0.05) is 7.05 Å². The Labute approximate surface area is 36.2 Å². The van der Waals surface area contributed by atoms with Gasteiger partial charge in [0.1, 0.15) is 0 Å². The van der Waals surface area contributed by atoms with Crippen molar-refractivity contribution in [2.75, 3.05) is 7.05 Å². The average Bonchev–Trinajstić information content (AvgIpc) is 2.19. The summed E-state index contributed by atoms with van der Waals surface area (Å²) in [4.78, 5) is 0. The van der Waals surface area contributed by atoms with E-state index in [0.717, 1.165) is 0 Å². The predicted octanol–water partition coefficient (Wildman–Crippen LogP) is -1.71. The van der Waals surface area contributed by atoms with Gasteiger partial charge in [0.2, 0.25) is 0 Å². The molecule has 2 radical (unpaired) electrons. The van der Waals surface area contributed by atoms with Crippen LogP contribution in [0.2, 0.25) is 0 Å². The largest absolute Gasteiger partial charge is 0.220 e. The van der Waals surface area contributed by atoms with Crippen LogP contribution in [0.15, 0.2) is 0 Å². The van der Waals surface area contributed by atoms with Crippen molar-refractivity contribution in [3.63, 3.8) is 0 Å². The molecule has 0 amide bonds. The number of nitrogens with one attached hydrogen (secondary N) is 2. The molecule has 1 fully saturated rings. The first-order chi connectivity index (χ1) is 2.84. The van der Waals surface area contributed by atoms with E-state index in [1.54, 1.807) is 5.01 Å². The van der Waals surface area contributed by atoms with Crippen molar-refractivity contribution in [1.29, 1.82) is 0 Å².